The molecule has 0 spiro atoms. The lowest BCUT2D eigenvalue weighted by molar-refractivity contribution is 0.889. The van der Waals surface area contributed by atoms with Crippen LogP contribution in [0.4, 0.5) is 0 Å². The van der Waals surface area contributed by atoms with Crippen LogP contribution in [0, 0.1) is 0 Å². The van der Waals surface area contributed by atoms with Crippen molar-refractivity contribution < 1.29 is 0 Å². The molecule has 0 aromatic carbocycles. The zero-order valence-electron chi connectivity index (χ0n) is 7.64. The SMILES string of the molecule is CC(C)c1ccc(-n2cncn2)s1. The molecule has 2 heterocycles. The third kappa shape index (κ3) is 1.62. The van der Waals surface area contributed by atoms with Gasteiger partial charge in [0.05, 0.1) is 0 Å². The summed E-state index contributed by atoms with van der Waals surface area (Å²) in [5, 5.41) is 5.20. The first-order valence-corrected chi connectivity index (χ1v) is 5.04. The topological polar surface area (TPSA) is 30.7 Å². The number of nitrogens with zero attached hydrogens (tertiary/aromatic N) is 3. The smallest absolute Gasteiger partial charge is 0.138 e. The summed E-state index contributed by atoms with van der Waals surface area (Å²) in [6.07, 6.45) is 3.27. The molecule has 0 aliphatic heterocycles. The predicted molar refractivity (Wildman–Crippen MR) is 53.3 cm³/mol. The van der Waals surface area contributed by atoms with Crippen molar-refractivity contribution in [3.05, 3.63) is 29.7 Å². The molecule has 0 bridgehead atoms. The third-order valence-electron chi connectivity index (χ3n) is 1.83. The van der Waals surface area contributed by atoms with E-state index in [-0.39, 0.29) is 0 Å². The second-order valence-electron chi connectivity index (χ2n) is 3.17. The second kappa shape index (κ2) is 3.30. The number of thiophene rings is 1. The Morgan fingerprint density at radius 3 is 2.77 bits per heavy atom. The van der Waals surface area contributed by atoms with Crippen LogP contribution in [0.3, 0.4) is 0 Å². The molecule has 0 saturated heterocycles. The van der Waals surface area contributed by atoms with E-state index < -0.39 is 0 Å². The average molecular weight is 193 g/mol. The van der Waals surface area contributed by atoms with Gasteiger partial charge in [0.1, 0.15) is 17.7 Å². The summed E-state index contributed by atoms with van der Waals surface area (Å²) in [6, 6.07) is 4.22. The van der Waals surface area contributed by atoms with E-state index in [9.17, 15) is 0 Å². The summed E-state index contributed by atoms with van der Waals surface area (Å²) in [6.45, 7) is 4.38. The minimum atomic E-state index is 0.585. The lowest BCUT2D eigenvalue weighted by atomic mass is 10.2. The van der Waals surface area contributed by atoms with Crippen molar-refractivity contribution >= 4 is 11.3 Å². The minimum Gasteiger partial charge on any atom is -0.223 e. The maximum atomic E-state index is 4.08. The lowest BCUT2D eigenvalue weighted by Gasteiger charge is -1.97. The van der Waals surface area contributed by atoms with Gasteiger partial charge in [-0.2, -0.15) is 5.10 Å². The Morgan fingerprint density at radius 2 is 2.23 bits per heavy atom. The van der Waals surface area contributed by atoms with Crippen molar-refractivity contribution in [2.45, 2.75) is 19.8 Å². The van der Waals surface area contributed by atoms with E-state index in [1.165, 1.54) is 4.88 Å². The minimum absolute atomic E-state index is 0.585. The van der Waals surface area contributed by atoms with Crippen LogP contribution in [0.25, 0.3) is 5.00 Å². The van der Waals surface area contributed by atoms with Gasteiger partial charge < -0.3 is 0 Å². The predicted octanol–water partition coefficient (Wildman–Crippen LogP) is 2.45. The first kappa shape index (κ1) is 8.44. The number of aromatic nitrogens is 3. The molecular formula is C9H11N3S. The molecular weight excluding hydrogens is 182 g/mol. The van der Waals surface area contributed by atoms with Gasteiger partial charge in [0, 0.05) is 4.88 Å². The van der Waals surface area contributed by atoms with Crippen LogP contribution in [0.15, 0.2) is 24.8 Å². The highest BCUT2D eigenvalue weighted by molar-refractivity contribution is 7.14. The Labute approximate surface area is 81.1 Å². The van der Waals surface area contributed by atoms with Crippen LogP contribution in [0.5, 0.6) is 0 Å². The molecule has 4 heteroatoms. The maximum Gasteiger partial charge on any atom is 0.138 e. The zero-order valence-corrected chi connectivity index (χ0v) is 8.45. The van der Waals surface area contributed by atoms with Crippen molar-refractivity contribution in [1.82, 2.24) is 14.8 Å². The fourth-order valence-electron chi connectivity index (χ4n) is 1.10. The second-order valence-corrected chi connectivity index (χ2v) is 4.26. The Bertz CT molecular complexity index is 375. The summed E-state index contributed by atoms with van der Waals surface area (Å²) >= 11 is 1.76. The molecule has 3 nitrogen and oxygen atoms in total. The standard InChI is InChI=1S/C9H11N3S/c1-7(2)8-3-4-9(13-8)12-6-10-5-11-12/h3-7H,1-2H3. The van der Waals surface area contributed by atoms with Gasteiger partial charge in [-0.25, -0.2) is 9.67 Å². The molecule has 0 aliphatic carbocycles. The first-order valence-electron chi connectivity index (χ1n) is 4.22. The normalized spacial score (nSPS) is 11.0. The Kier molecular flexibility index (Phi) is 2.14. The van der Waals surface area contributed by atoms with Crippen molar-refractivity contribution in [2.24, 2.45) is 0 Å². The van der Waals surface area contributed by atoms with E-state index in [1.807, 2.05) is 0 Å². The molecule has 0 atom stereocenters. The highest BCUT2D eigenvalue weighted by Crippen LogP contribution is 2.25. The number of hydrogen-bond donors (Lipinski definition) is 0. The molecule has 0 radical (unpaired) electrons. The molecule has 13 heavy (non-hydrogen) atoms. The van der Waals surface area contributed by atoms with Crippen LogP contribution in [0.2, 0.25) is 0 Å². The summed E-state index contributed by atoms with van der Waals surface area (Å²) in [4.78, 5) is 5.29. The van der Waals surface area contributed by atoms with E-state index in [0.29, 0.717) is 5.92 Å². The Balaban J connectivity index is 2.33. The van der Waals surface area contributed by atoms with Gasteiger partial charge >= 0.3 is 0 Å². The van der Waals surface area contributed by atoms with Crippen molar-refractivity contribution in [2.75, 3.05) is 0 Å². The fraction of sp³-hybridized carbons (Fsp3) is 0.333. The summed E-state index contributed by atoms with van der Waals surface area (Å²) in [5.74, 6) is 0.585. The number of rotatable bonds is 2. The fourth-order valence-corrected chi connectivity index (χ4v) is 2.03. The van der Waals surface area contributed by atoms with Gasteiger partial charge in [-0.1, -0.05) is 13.8 Å². The van der Waals surface area contributed by atoms with Crippen LogP contribution in [0.1, 0.15) is 24.6 Å². The van der Waals surface area contributed by atoms with Crippen molar-refractivity contribution in [1.29, 1.82) is 0 Å². The van der Waals surface area contributed by atoms with Gasteiger partial charge in [0.2, 0.25) is 0 Å². The van der Waals surface area contributed by atoms with E-state index >= 15 is 0 Å². The van der Waals surface area contributed by atoms with E-state index in [0.717, 1.165) is 5.00 Å². The van der Waals surface area contributed by atoms with E-state index in [2.05, 4.69) is 36.1 Å². The van der Waals surface area contributed by atoms with Crippen molar-refractivity contribution in [3.63, 3.8) is 0 Å². The molecule has 0 unspecified atom stereocenters. The molecule has 0 aliphatic rings. The summed E-state index contributed by atoms with van der Waals surface area (Å²) < 4.78 is 1.79. The van der Waals surface area contributed by atoms with E-state index in [1.54, 1.807) is 28.7 Å². The highest BCUT2D eigenvalue weighted by atomic mass is 32.1. The Morgan fingerprint density at radius 1 is 1.38 bits per heavy atom. The molecule has 2 rings (SSSR count). The van der Waals surface area contributed by atoms with E-state index in [4.69, 9.17) is 0 Å². The first-order chi connectivity index (χ1) is 6.27. The molecule has 2 aromatic heterocycles. The van der Waals surface area contributed by atoms with Gasteiger partial charge in [-0.15, -0.1) is 11.3 Å². The molecule has 0 saturated carbocycles. The van der Waals surface area contributed by atoms with Crippen LogP contribution in [-0.2, 0) is 0 Å². The molecule has 0 N–H and O–H groups in total. The van der Waals surface area contributed by atoms with Gasteiger partial charge in [0.25, 0.3) is 0 Å². The van der Waals surface area contributed by atoms with Crippen LogP contribution >= 0.6 is 11.3 Å². The van der Waals surface area contributed by atoms with Crippen LogP contribution in [-0.4, -0.2) is 14.8 Å². The van der Waals surface area contributed by atoms with Crippen molar-refractivity contribution in [3.8, 4) is 5.00 Å². The quantitative estimate of drug-likeness (QED) is 0.733. The third-order valence-corrected chi connectivity index (χ3v) is 3.20. The van der Waals surface area contributed by atoms with Gasteiger partial charge in [0.15, 0.2) is 0 Å². The molecule has 68 valence electrons. The Hall–Kier alpha value is -1.16. The maximum absolute atomic E-state index is 4.08. The average Bonchev–Trinajstić information content (AvgIpc) is 2.75. The summed E-state index contributed by atoms with van der Waals surface area (Å²) in [5.41, 5.74) is 0. The lowest BCUT2D eigenvalue weighted by Crippen LogP contribution is -1.88. The largest absolute Gasteiger partial charge is 0.223 e. The summed E-state index contributed by atoms with van der Waals surface area (Å²) in [7, 11) is 0. The zero-order chi connectivity index (χ0) is 9.26. The van der Waals surface area contributed by atoms with Gasteiger partial charge in [-0.05, 0) is 18.1 Å². The highest BCUT2D eigenvalue weighted by Gasteiger charge is 2.04. The monoisotopic (exact) mass is 193 g/mol. The number of hydrogen-bond acceptors (Lipinski definition) is 3. The van der Waals surface area contributed by atoms with Crippen LogP contribution < -0.4 is 0 Å². The molecule has 2 aromatic rings. The van der Waals surface area contributed by atoms with Gasteiger partial charge in [-0.3, -0.25) is 0 Å². The molecule has 0 fully saturated rings. The molecule has 0 amide bonds.